The average Bonchev–Trinajstić information content (AvgIpc) is 2.35. The van der Waals surface area contributed by atoms with Crippen molar-refractivity contribution in [3.63, 3.8) is 0 Å². The van der Waals surface area contributed by atoms with Gasteiger partial charge in [0.1, 0.15) is 10.6 Å². The van der Waals surface area contributed by atoms with Gasteiger partial charge in [0.15, 0.2) is 9.84 Å². The Kier molecular flexibility index (Phi) is 6.19. The Hall–Kier alpha value is -0.510. The standard InChI is InChI=1S/C9H11ClO6S2/c1-14-8-6-7(17-16-15-11)2-3-9(8)18(12,13)5-4-10/h2-3,6,11H,4-5H2,1H3. The second kappa shape index (κ2) is 7.17. The number of sulfone groups is 1. The molecule has 0 aliphatic rings. The molecular weight excluding hydrogens is 304 g/mol. The van der Waals surface area contributed by atoms with Gasteiger partial charge in [0.05, 0.1) is 24.9 Å². The van der Waals surface area contributed by atoms with Gasteiger partial charge in [-0.2, -0.15) is 0 Å². The largest absolute Gasteiger partial charge is 0.495 e. The maximum absolute atomic E-state index is 11.9. The number of methoxy groups -OCH3 is 1. The Labute approximate surface area is 114 Å². The van der Waals surface area contributed by atoms with Gasteiger partial charge in [0.25, 0.3) is 0 Å². The monoisotopic (exact) mass is 314 g/mol. The van der Waals surface area contributed by atoms with Crippen molar-refractivity contribution in [2.24, 2.45) is 0 Å². The molecule has 0 radical (unpaired) electrons. The second-order valence-electron chi connectivity index (χ2n) is 3.05. The summed E-state index contributed by atoms with van der Waals surface area (Å²) < 4.78 is 33.0. The summed E-state index contributed by atoms with van der Waals surface area (Å²) in [7, 11) is -2.12. The number of hydrogen-bond acceptors (Lipinski definition) is 7. The van der Waals surface area contributed by atoms with Crippen LogP contribution < -0.4 is 4.74 Å². The minimum Gasteiger partial charge on any atom is -0.495 e. The number of ether oxygens (including phenoxy) is 1. The van der Waals surface area contributed by atoms with Crippen LogP contribution in [0.25, 0.3) is 0 Å². The van der Waals surface area contributed by atoms with Crippen LogP contribution in [0, 0.1) is 0 Å². The lowest BCUT2D eigenvalue weighted by Gasteiger charge is -2.09. The lowest BCUT2D eigenvalue weighted by Crippen LogP contribution is -2.09. The Bertz CT molecular complexity index is 490. The summed E-state index contributed by atoms with van der Waals surface area (Å²) in [4.78, 5) is 0.561. The van der Waals surface area contributed by atoms with E-state index in [1.165, 1.54) is 25.3 Å². The molecule has 0 heterocycles. The molecule has 0 aromatic heterocycles. The van der Waals surface area contributed by atoms with Crippen LogP contribution in [0.2, 0.25) is 0 Å². The Balaban J connectivity index is 3.07. The predicted octanol–water partition coefficient (Wildman–Crippen LogP) is 2.14. The van der Waals surface area contributed by atoms with Gasteiger partial charge < -0.3 is 4.74 Å². The molecule has 1 rings (SSSR count). The van der Waals surface area contributed by atoms with E-state index in [0.717, 1.165) is 0 Å². The van der Waals surface area contributed by atoms with Crippen molar-refractivity contribution in [2.75, 3.05) is 18.7 Å². The highest BCUT2D eigenvalue weighted by Crippen LogP contribution is 2.30. The third-order valence-corrected chi connectivity index (χ3v) is 4.71. The Morgan fingerprint density at radius 3 is 2.72 bits per heavy atom. The van der Waals surface area contributed by atoms with Crippen molar-refractivity contribution in [3.8, 4) is 5.75 Å². The molecule has 9 heteroatoms. The van der Waals surface area contributed by atoms with Crippen molar-refractivity contribution in [3.05, 3.63) is 18.2 Å². The normalized spacial score (nSPS) is 11.5. The molecule has 18 heavy (non-hydrogen) atoms. The van der Waals surface area contributed by atoms with Gasteiger partial charge in [-0.3, -0.25) is 0 Å². The van der Waals surface area contributed by atoms with Crippen LogP contribution in [0.1, 0.15) is 0 Å². The summed E-state index contributed by atoms with van der Waals surface area (Å²) in [5.74, 6) is 0.00330. The summed E-state index contributed by atoms with van der Waals surface area (Å²) >= 11 is 6.15. The van der Waals surface area contributed by atoms with E-state index in [1.54, 1.807) is 0 Å². The first kappa shape index (κ1) is 15.5. The summed E-state index contributed by atoms with van der Waals surface area (Å²) in [5, 5.41) is 11.5. The van der Waals surface area contributed by atoms with E-state index >= 15 is 0 Å². The third kappa shape index (κ3) is 4.01. The SMILES string of the molecule is COc1cc(SOOO)ccc1S(=O)(=O)CCCl. The fraction of sp³-hybridized carbons (Fsp3) is 0.333. The molecule has 102 valence electrons. The molecule has 0 aliphatic carbocycles. The van der Waals surface area contributed by atoms with Crippen LogP contribution in [-0.2, 0) is 19.2 Å². The second-order valence-corrected chi connectivity index (χ2v) is 6.28. The van der Waals surface area contributed by atoms with E-state index in [4.69, 9.17) is 21.6 Å². The topological polar surface area (TPSA) is 82.1 Å². The number of halogens is 1. The molecule has 0 unspecified atom stereocenters. The molecule has 0 saturated carbocycles. The molecule has 6 nitrogen and oxygen atoms in total. The number of rotatable bonds is 7. The minimum absolute atomic E-state index is 0.00343. The molecule has 1 aromatic carbocycles. The minimum atomic E-state index is -3.48. The molecule has 0 spiro atoms. The molecule has 0 fully saturated rings. The summed E-state index contributed by atoms with van der Waals surface area (Å²) in [6.07, 6.45) is 0. The van der Waals surface area contributed by atoms with Gasteiger partial charge in [-0.15, -0.1) is 15.9 Å². The number of hydrogen-bond donors (Lipinski definition) is 1. The van der Waals surface area contributed by atoms with Gasteiger partial charge >= 0.3 is 0 Å². The van der Waals surface area contributed by atoms with E-state index < -0.39 is 9.84 Å². The Morgan fingerprint density at radius 2 is 2.17 bits per heavy atom. The first-order valence-corrected chi connectivity index (χ1v) is 7.59. The zero-order valence-electron chi connectivity index (χ0n) is 9.33. The van der Waals surface area contributed by atoms with Gasteiger partial charge in [-0.05, 0) is 18.2 Å². The van der Waals surface area contributed by atoms with E-state index in [-0.39, 0.29) is 22.3 Å². The first-order valence-electron chi connectivity index (χ1n) is 4.66. The summed E-state index contributed by atoms with van der Waals surface area (Å²) in [5.41, 5.74) is 0. The van der Waals surface area contributed by atoms with Crippen LogP contribution in [0.5, 0.6) is 5.75 Å². The average molecular weight is 315 g/mol. The van der Waals surface area contributed by atoms with Gasteiger partial charge in [0, 0.05) is 10.8 Å². The lowest BCUT2D eigenvalue weighted by molar-refractivity contribution is -0.432. The van der Waals surface area contributed by atoms with Crippen molar-refractivity contribution in [1.82, 2.24) is 0 Å². The van der Waals surface area contributed by atoms with Crippen LogP contribution in [-0.4, -0.2) is 32.4 Å². The van der Waals surface area contributed by atoms with E-state index in [1.807, 2.05) is 0 Å². The maximum atomic E-state index is 11.9. The highest BCUT2D eigenvalue weighted by molar-refractivity contribution is 7.94. The molecule has 0 atom stereocenters. The molecule has 1 N–H and O–H groups in total. The fourth-order valence-corrected chi connectivity index (χ4v) is 3.37. The molecule has 0 aliphatic heterocycles. The quantitative estimate of drug-likeness (QED) is 0.357. The van der Waals surface area contributed by atoms with E-state index in [0.29, 0.717) is 16.9 Å². The summed E-state index contributed by atoms with van der Waals surface area (Å²) in [6, 6.07) is 4.32. The van der Waals surface area contributed by atoms with Crippen molar-refractivity contribution >= 4 is 33.5 Å². The molecule has 0 amide bonds. The lowest BCUT2D eigenvalue weighted by atomic mass is 10.3. The fourth-order valence-electron chi connectivity index (χ4n) is 1.22. The van der Waals surface area contributed by atoms with Crippen molar-refractivity contribution in [2.45, 2.75) is 9.79 Å². The van der Waals surface area contributed by atoms with Crippen LogP contribution in [0.3, 0.4) is 0 Å². The van der Waals surface area contributed by atoms with Crippen molar-refractivity contribution < 1.29 is 27.8 Å². The highest BCUT2D eigenvalue weighted by Gasteiger charge is 2.19. The van der Waals surface area contributed by atoms with Crippen LogP contribution in [0.15, 0.2) is 28.0 Å². The van der Waals surface area contributed by atoms with Crippen LogP contribution >= 0.6 is 23.6 Å². The predicted molar refractivity (Wildman–Crippen MR) is 66.4 cm³/mol. The number of alkyl halides is 1. The maximum Gasteiger partial charge on any atom is 0.183 e. The van der Waals surface area contributed by atoms with Gasteiger partial charge in [-0.25, -0.2) is 13.7 Å². The van der Waals surface area contributed by atoms with Crippen LogP contribution in [0.4, 0.5) is 0 Å². The Morgan fingerprint density at radius 1 is 1.44 bits per heavy atom. The van der Waals surface area contributed by atoms with Gasteiger partial charge in [-0.1, -0.05) is 5.04 Å². The smallest absolute Gasteiger partial charge is 0.183 e. The van der Waals surface area contributed by atoms with E-state index in [9.17, 15) is 8.42 Å². The van der Waals surface area contributed by atoms with Gasteiger partial charge in [0.2, 0.25) is 0 Å². The molecule has 1 aromatic rings. The zero-order valence-corrected chi connectivity index (χ0v) is 11.7. The third-order valence-electron chi connectivity index (χ3n) is 1.98. The molecule has 0 bridgehead atoms. The number of benzene rings is 1. The summed E-state index contributed by atoms with van der Waals surface area (Å²) in [6.45, 7) is 0. The zero-order chi connectivity index (χ0) is 13.6. The molecule has 0 saturated heterocycles. The molecular formula is C9H11ClO6S2. The first-order chi connectivity index (χ1) is 8.55. The highest BCUT2D eigenvalue weighted by atomic mass is 35.5. The van der Waals surface area contributed by atoms with Crippen molar-refractivity contribution in [1.29, 1.82) is 0 Å². The van der Waals surface area contributed by atoms with E-state index in [2.05, 4.69) is 9.37 Å².